The van der Waals surface area contributed by atoms with E-state index in [4.69, 9.17) is 0 Å². The largest absolute Gasteiger partial charge is 0.508 e. The Morgan fingerprint density at radius 2 is 0.657 bits per heavy atom. The van der Waals surface area contributed by atoms with Crippen molar-refractivity contribution in [3.8, 4) is 63.2 Å². The van der Waals surface area contributed by atoms with Crippen molar-refractivity contribution in [3.63, 3.8) is 0 Å². The molecule has 0 heterocycles. The van der Waals surface area contributed by atoms with Gasteiger partial charge in [0.05, 0.1) is 5.16 Å². The fraction of sp³-hybridized carbons (Fsp3) is 0.553. The Hall–Kier alpha value is -8.94. The number of halogens is 1. The van der Waals surface area contributed by atoms with E-state index in [1.165, 1.54) is 88.3 Å². The van der Waals surface area contributed by atoms with Crippen LogP contribution >= 0.6 is 28.1 Å². The number of nitrogens with zero attached hydrogens (tertiary/aromatic N) is 1. The average molecular weight is 1970 g/mol. The standard InChI is InChI=1S/C26H38O2.C19H32O.C17H28O2.C16H24O.C15H21BrO2.C15H21NOS.C15H24O2/c1-19(2)9-7-11-21(5)13-15-23-17-25(27)24(26(28)18-23)16-14-22(6)12-8-10-20(3)4;1-8-16-14(2)12-15(13-17(16)20)19(6,7)11-9-10-18(3,4)5;1-12-14(18)10-13(11-15(12)19)17(5,6)9-7-8-16(2,3)4;1-12(2)7-6-8-16(4,5)14-9-13(3)10-15(17)11-14;1-10(16)6-5-7-15(3,4)12-8-13(17)11(2)14(18)9-12;1-12-8-13(10-14(17)9-12)15(2,3)6-4-5-7-16-11-18;1-11(2)6-5-7-15(3,4)12-8-13(16)10-14(17)9-12/h9-10,13-14,17-18,27-28H,7-8,11-12,15-16H2,1-6H3;12-13,20H,8-11H2,1-7H3;10-11,18-19H,7-9H2,1-6H3;7,9-11,17H,6,8H2,1-5H3;6,8-9,17-18H,5,7H2,1-4H3;8-10,17H,4-7H2,1-3H3;8-11,16-17H,5-7H2,1-4H3/b21-13+,22-14+;;;;10-6+;;. The molecule has 0 amide bonds. The van der Waals surface area contributed by atoms with Crippen molar-refractivity contribution in [3.05, 3.63) is 250 Å². The summed E-state index contributed by atoms with van der Waals surface area (Å²) in [7, 11) is 0. The lowest BCUT2D eigenvalue weighted by molar-refractivity contribution is 0.332. The zero-order valence-electron chi connectivity index (χ0n) is 92.0. The van der Waals surface area contributed by atoms with E-state index in [0.717, 1.165) is 165 Å². The first-order chi connectivity index (χ1) is 63.1. The molecule has 0 aliphatic heterocycles. The molecule has 0 bridgehead atoms. The molecule has 0 aromatic heterocycles. The van der Waals surface area contributed by atoms with Gasteiger partial charge in [0.25, 0.3) is 0 Å². The molecule has 0 spiro atoms. The molecule has 12 nitrogen and oxygen atoms in total. The number of aliphatic imine (C=N–C) groups is 1. The van der Waals surface area contributed by atoms with Crippen molar-refractivity contribution in [1.29, 1.82) is 0 Å². The van der Waals surface area contributed by atoms with Gasteiger partial charge in [0.2, 0.25) is 0 Å². The molecule has 0 saturated heterocycles. The van der Waals surface area contributed by atoms with Gasteiger partial charge in [0, 0.05) is 29.3 Å². The van der Waals surface area contributed by atoms with Crippen LogP contribution in [-0.4, -0.2) is 67.9 Å². The predicted octanol–water partition coefficient (Wildman–Crippen LogP) is 36.2. The van der Waals surface area contributed by atoms with E-state index in [-0.39, 0.29) is 78.5 Å². The first kappa shape index (κ1) is 126. The molecule has 0 unspecified atom stereocenters. The van der Waals surface area contributed by atoms with E-state index >= 15 is 0 Å². The summed E-state index contributed by atoms with van der Waals surface area (Å²) < 4.78 is 1.13. The van der Waals surface area contributed by atoms with Crippen molar-refractivity contribution >= 4 is 33.3 Å². The highest BCUT2D eigenvalue weighted by atomic mass is 79.9. The highest BCUT2D eigenvalue weighted by Gasteiger charge is 2.29. The second kappa shape index (κ2) is 59.6. The van der Waals surface area contributed by atoms with Gasteiger partial charge in [0.15, 0.2) is 0 Å². The average Bonchev–Trinajstić information content (AvgIpc) is 0.817. The van der Waals surface area contributed by atoms with Crippen LogP contribution in [0.3, 0.4) is 0 Å². The lowest BCUT2D eigenvalue weighted by Gasteiger charge is -2.28. The third-order valence-corrected chi connectivity index (χ3v) is 26.4. The Kier molecular flexibility index (Phi) is 54.8. The first-order valence-corrected chi connectivity index (χ1v) is 51.5. The van der Waals surface area contributed by atoms with Gasteiger partial charge in [-0.3, -0.25) is 0 Å². The molecule has 7 rings (SSSR count). The van der Waals surface area contributed by atoms with Crippen LogP contribution in [0.5, 0.6) is 63.2 Å². The number of benzene rings is 7. The van der Waals surface area contributed by atoms with Crippen LogP contribution in [0.25, 0.3) is 0 Å². The molecule has 7 aromatic rings. The van der Waals surface area contributed by atoms with Gasteiger partial charge in [-0.25, -0.2) is 4.99 Å². The van der Waals surface area contributed by atoms with Gasteiger partial charge in [-0.1, -0.05) is 276 Å². The number of hydrogen-bond acceptors (Lipinski definition) is 13. The number of allylic oxidation sites excluding steroid dienone is 12. The zero-order chi connectivity index (χ0) is 105. The van der Waals surface area contributed by atoms with Crippen LogP contribution in [0.4, 0.5) is 0 Å². The lowest BCUT2D eigenvalue weighted by atomic mass is 9.77. The maximum Gasteiger partial charge on any atom is 0.123 e. The molecule has 11 N–H and O–H groups in total. The number of isothiocyanates is 1. The molecule has 0 aliphatic rings. The summed E-state index contributed by atoms with van der Waals surface area (Å²) in [6, 6.07) is 31.4. The highest BCUT2D eigenvalue weighted by molar-refractivity contribution is 9.11. The Morgan fingerprint density at radius 3 is 1.00 bits per heavy atom. The zero-order valence-corrected chi connectivity index (χ0v) is 94.4. The van der Waals surface area contributed by atoms with Crippen molar-refractivity contribution < 1.29 is 56.2 Å². The van der Waals surface area contributed by atoms with E-state index in [9.17, 15) is 56.2 Å². The first-order valence-electron chi connectivity index (χ1n) is 50.3. The summed E-state index contributed by atoms with van der Waals surface area (Å²) in [5, 5.41) is 111. The summed E-state index contributed by atoms with van der Waals surface area (Å²) in [5.74, 6) is 3.22. The molecule has 0 atom stereocenters. The summed E-state index contributed by atoms with van der Waals surface area (Å²) in [6.07, 6.45) is 37.2. The maximum atomic E-state index is 10.4. The van der Waals surface area contributed by atoms with Crippen LogP contribution in [0.2, 0.25) is 0 Å². The van der Waals surface area contributed by atoms with Crippen LogP contribution in [0.1, 0.15) is 414 Å². The van der Waals surface area contributed by atoms with Crippen LogP contribution < -0.4 is 0 Å². The third kappa shape index (κ3) is 51.7. The van der Waals surface area contributed by atoms with E-state index in [1.807, 2.05) is 39.0 Å². The number of phenolic OH excluding ortho intramolecular Hbond substituents is 11. The molecule has 0 fully saturated rings. The van der Waals surface area contributed by atoms with Gasteiger partial charge in [0.1, 0.15) is 63.2 Å². The van der Waals surface area contributed by atoms with Crippen molar-refractivity contribution in [1.82, 2.24) is 0 Å². The quantitative estimate of drug-likeness (QED) is 0.00751. The van der Waals surface area contributed by atoms with E-state index in [2.05, 4.69) is 301 Å². The minimum absolute atomic E-state index is 0.00882. The number of aromatic hydroxyl groups is 11. The number of thiocarbonyl (C=S) groups is 1. The van der Waals surface area contributed by atoms with Gasteiger partial charge < -0.3 is 56.2 Å². The molecule has 0 saturated carbocycles. The number of hydrogen-bond donors (Lipinski definition) is 11. The minimum atomic E-state index is -0.0817. The fourth-order valence-corrected chi connectivity index (χ4v) is 16.5. The molecule has 0 aliphatic carbocycles. The molecule has 7 aromatic carbocycles. The molecule has 764 valence electrons. The van der Waals surface area contributed by atoms with Crippen LogP contribution in [-0.2, 0) is 51.8 Å². The third-order valence-electron chi connectivity index (χ3n) is 26.0. The van der Waals surface area contributed by atoms with Crippen LogP contribution in [0, 0.1) is 51.4 Å². The van der Waals surface area contributed by atoms with Crippen molar-refractivity contribution in [2.75, 3.05) is 6.54 Å². The highest BCUT2D eigenvalue weighted by Crippen LogP contribution is 2.43. The van der Waals surface area contributed by atoms with Gasteiger partial charge in [-0.15, -0.1) is 0 Å². The molecular formula is C123H188BrNO11S. The predicted molar refractivity (Wildman–Crippen MR) is 597 cm³/mol. The van der Waals surface area contributed by atoms with Crippen molar-refractivity contribution in [2.24, 2.45) is 21.7 Å². The van der Waals surface area contributed by atoms with E-state index < -0.39 is 0 Å². The van der Waals surface area contributed by atoms with Crippen molar-refractivity contribution in [2.45, 2.75) is 422 Å². The number of unbranched alkanes of at least 4 members (excludes halogenated alkanes) is 1. The smallest absolute Gasteiger partial charge is 0.123 e. The van der Waals surface area contributed by atoms with Gasteiger partial charge in [-0.05, 0) is 419 Å². The summed E-state index contributed by atoms with van der Waals surface area (Å²) in [5.41, 5.74) is 21.4. The second-order valence-corrected chi connectivity index (χ2v) is 47.5. The SMILES string of the molecule is C/C(Br)=C\CCC(C)(C)c1cc(O)c(C)c(O)c1.CC(C)=CCC/C(C)=C/Cc1cc(O)c(C/C=C(\C)CCC=C(C)C)c(O)c1.CC(C)=CCCC(C)(C)c1cc(C)cc(O)c1.CC(C)CCCC(C)(C)c1cc(O)cc(O)c1.CCc1c(C)cc(C(C)(C)CCCC(C)(C)C)cc1O.Cc1c(O)cc(C(C)(C)CCCC(C)(C)C)cc1O.Cc1cc(O)cc(C(C)(C)CCCCN=C=S)c1. The normalized spacial score (nSPS) is 12.1. The molecule has 137 heavy (non-hydrogen) atoms. The molecule has 14 heteroatoms. The van der Waals surface area contributed by atoms with Crippen LogP contribution in [0.15, 0.2) is 177 Å². The van der Waals surface area contributed by atoms with E-state index in [1.54, 1.807) is 74.5 Å². The Balaban J connectivity index is 0.000000805. The second-order valence-electron chi connectivity index (χ2n) is 46.0. The minimum Gasteiger partial charge on any atom is -0.508 e. The Bertz CT molecular complexity index is 4940. The fourth-order valence-electron chi connectivity index (χ4n) is 16.2. The van der Waals surface area contributed by atoms with E-state index in [0.29, 0.717) is 51.2 Å². The van der Waals surface area contributed by atoms with Gasteiger partial charge in [-0.2, -0.15) is 0 Å². The number of phenols is 11. The molecule has 0 radical (unpaired) electrons. The summed E-state index contributed by atoms with van der Waals surface area (Å²) in [6.45, 7) is 75.8. The number of aryl methyl sites for hydroxylation is 3. The Morgan fingerprint density at radius 1 is 0.343 bits per heavy atom. The lowest BCUT2D eigenvalue weighted by Crippen LogP contribution is -2.18. The Labute approximate surface area is 847 Å². The maximum absolute atomic E-state index is 10.4. The monoisotopic (exact) mass is 1970 g/mol. The summed E-state index contributed by atoms with van der Waals surface area (Å²) in [4.78, 5) is 3.92. The van der Waals surface area contributed by atoms with Gasteiger partial charge >= 0.3 is 0 Å². The number of rotatable bonds is 38. The summed E-state index contributed by atoms with van der Waals surface area (Å²) >= 11 is 7.95. The molecular weight excluding hydrogens is 1780 g/mol. The topological polar surface area (TPSA) is 235 Å².